The molecule has 0 bridgehead atoms. The topological polar surface area (TPSA) is 114 Å². The number of methoxy groups -OCH3 is 1. The number of benzene rings is 1. The van der Waals surface area contributed by atoms with E-state index in [1.165, 1.54) is 18.1 Å². The van der Waals surface area contributed by atoms with Crippen LogP contribution in [-0.4, -0.2) is 54.7 Å². The van der Waals surface area contributed by atoms with Gasteiger partial charge in [-0.05, 0) is 60.1 Å². The minimum Gasteiger partial charge on any atom is -0.465 e. The average Bonchev–Trinajstić information content (AvgIpc) is 2.68. The molecule has 9 nitrogen and oxygen atoms in total. The third-order valence-corrected chi connectivity index (χ3v) is 4.25. The van der Waals surface area contributed by atoms with E-state index in [1.54, 1.807) is 39.0 Å². The predicted octanol–water partition coefficient (Wildman–Crippen LogP) is 3.41. The van der Waals surface area contributed by atoms with E-state index >= 15 is 0 Å². The number of hydrogen-bond donors (Lipinski definition) is 2. The molecule has 0 aliphatic heterocycles. The first-order chi connectivity index (χ1) is 15.2. The van der Waals surface area contributed by atoms with E-state index in [-0.39, 0.29) is 30.1 Å². The first-order valence-electron chi connectivity index (χ1n) is 11.0. The summed E-state index contributed by atoms with van der Waals surface area (Å²) < 4.78 is 10.2. The lowest BCUT2D eigenvalue weighted by Gasteiger charge is -2.34. The number of amides is 3. The van der Waals surface area contributed by atoms with Crippen molar-refractivity contribution >= 4 is 29.6 Å². The van der Waals surface area contributed by atoms with Gasteiger partial charge < -0.3 is 20.1 Å². The minimum atomic E-state index is -1.14. The normalized spacial score (nSPS) is 12.4. The van der Waals surface area contributed by atoms with Crippen molar-refractivity contribution in [2.45, 2.75) is 78.5 Å². The highest BCUT2D eigenvalue weighted by Crippen LogP contribution is 2.25. The van der Waals surface area contributed by atoms with Crippen molar-refractivity contribution in [3.05, 3.63) is 29.8 Å². The molecule has 3 amide bonds. The van der Waals surface area contributed by atoms with E-state index in [2.05, 4.69) is 10.6 Å². The molecule has 184 valence electrons. The first-order valence-corrected chi connectivity index (χ1v) is 11.0. The molecule has 9 heteroatoms. The van der Waals surface area contributed by atoms with Crippen LogP contribution in [0.4, 0.5) is 10.5 Å². The Kier molecular flexibility index (Phi) is 9.88. The quantitative estimate of drug-likeness (QED) is 0.571. The van der Waals surface area contributed by atoms with E-state index in [4.69, 9.17) is 9.47 Å². The summed E-state index contributed by atoms with van der Waals surface area (Å²) in [5, 5.41) is 5.44. The molecule has 0 heterocycles. The predicted molar refractivity (Wildman–Crippen MR) is 126 cm³/mol. The summed E-state index contributed by atoms with van der Waals surface area (Å²) in [6.45, 7) is 12.2. The van der Waals surface area contributed by atoms with Gasteiger partial charge in [0.05, 0.1) is 24.9 Å². The lowest BCUT2D eigenvalue weighted by Crippen LogP contribution is -2.58. The molecule has 1 unspecified atom stereocenters. The van der Waals surface area contributed by atoms with Crippen LogP contribution in [0.2, 0.25) is 0 Å². The molecule has 0 saturated heterocycles. The second-order valence-corrected chi connectivity index (χ2v) is 9.66. The number of rotatable bonds is 8. The van der Waals surface area contributed by atoms with Crippen molar-refractivity contribution in [1.29, 1.82) is 0 Å². The SMILES string of the molecule is CCCC(=O)N(c1ccccc1C(=O)OC)C(CNC(=O)OC(C)(C)C)C(=O)NC(C)(C)C. The molecule has 1 aromatic carbocycles. The van der Waals surface area contributed by atoms with Crippen molar-refractivity contribution in [3.8, 4) is 0 Å². The van der Waals surface area contributed by atoms with E-state index in [0.717, 1.165) is 0 Å². The van der Waals surface area contributed by atoms with Gasteiger partial charge in [-0.3, -0.25) is 14.5 Å². The fourth-order valence-corrected chi connectivity index (χ4v) is 3.02. The zero-order valence-electron chi connectivity index (χ0n) is 20.9. The second-order valence-electron chi connectivity index (χ2n) is 9.66. The summed E-state index contributed by atoms with van der Waals surface area (Å²) in [7, 11) is 1.24. The highest BCUT2D eigenvalue weighted by Gasteiger charge is 2.35. The standard InChI is InChI=1S/C24H37N3O6/c1-9-12-19(28)27(17-14-11-10-13-16(17)21(30)32-8)18(20(29)26-23(2,3)4)15-25-22(31)33-24(5,6)7/h10-11,13-14,18H,9,12,15H2,1-8H3,(H,25,31)(H,26,29). The van der Waals surface area contributed by atoms with Gasteiger partial charge in [0.25, 0.3) is 0 Å². The third-order valence-electron chi connectivity index (χ3n) is 4.25. The smallest absolute Gasteiger partial charge is 0.407 e. The fraction of sp³-hybridized carbons (Fsp3) is 0.583. The summed E-state index contributed by atoms with van der Waals surface area (Å²) >= 11 is 0. The van der Waals surface area contributed by atoms with Gasteiger partial charge in [0.15, 0.2) is 0 Å². The second kappa shape index (κ2) is 11.7. The number of esters is 1. The molecule has 0 aromatic heterocycles. The van der Waals surface area contributed by atoms with Crippen LogP contribution >= 0.6 is 0 Å². The molecule has 0 aliphatic carbocycles. The Morgan fingerprint density at radius 2 is 1.64 bits per heavy atom. The van der Waals surface area contributed by atoms with Crippen LogP contribution in [0.1, 0.15) is 71.7 Å². The molecule has 2 N–H and O–H groups in total. The molecule has 1 aromatic rings. The number of alkyl carbamates (subject to hydrolysis) is 1. The van der Waals surface area contributed by atoms with E-state index in [0.29, 0.717) is 6.42 Å². The number of hydrogen-bond acceptors (Lipinski definition) is 6. The van der Waals surface area contributed by atoms with E-state index in [9.17, 15) is 19.2 Å². The van der Waals surface area contributed by atoms with Gasteiger partial charge in [0.2, 0.25) is 11.8 Å². The number of carbonyl (C=O) groups is 4. The van der Waals surface area contributed by atoms with Gasteiger partial charge in [-0.15, -0.1) is 0 Å². The molecule has 1 rings (SSSR count). The first kappa shape index (κ1) is 27.9. The van der Waals surface area contributed by atoms with Gasteiger partial charge in [-0.2, -0.15) is 0 Å². The minimum absolute atomic E-state index is 0.135. The molecular formula is C24H37N3O6. The zero-order chi connectivity index (χ0) is 25.4. The lowest BCUT2D eigenvalue weighted by atomic mass is 10.0. The summed E-state index contributed by atoms with van der Waals surface area (Å²) in [6.07, 6.45) is -0.0513. The maximum absolute atomic E-state index is 13.3. The van der Waals surface area contributed by atoms with Crippen LogP contribution in [0.5, 0.6) is 0 Å². The molecule has 0 saturated carbocycles. The van der Waals surface area contributed by atoms with Crippen LogP contribution < -0.4 is 15.5 Å². The monoisotopic (exact) mass is 463 g/mol. The van der Waals surface area contributed by atoms with Gasteiger partial charge in [0.1, 0.15) is 11.6 Å². The third kappa shape index (κ3) is 9.11. The van der Waals surface area contributed by atoms with Crippen LogP contribution in [0.3, 0.4) is 0 Å². The Morgan fingerprint density at radius 1 is 1.03 bits per heavy atom. The molecule has 0 spiro atoms. The number of carbonyl (C=O) groups excluding carboxylic acids is 4. The van der Waals surface area contributed by atoms with Gasteiger partial charge in [-0.25, -0.2) is 9.59 Å². The van der Waals surface area contributed by atoms with Crippen molar-refractivity contribution in [2.75, 3.05) is 18.6 Å². The van der Waals surface area contributed by atoms with Crippen molar-refractivity contribution in [1.82, 2.24) is 10.6 Å². The largest absolute Gasteiger partial charge is 0.465 e. The molecule has 1 atom stereocenters. The maximum atomic E-state index is 13.3. The van der Waals surface area contributed by atoms with Gasteiger partial charge in [0, 0.05) is 12.0 Å². The highest BCUT2D eigenvalue weighted by atomic mass is 16.6. The summed E-state index contributed by atoms with van der Waals surface area (Å²) in [5.41, 5.74) is -0.969. The summed E-state index contributed by atoms with van der Waals surface area (Å²) in [4.78, 5) is 52.5. The summed E-state index contributed by atoms with van der Waals surface area (Å²) in [6, 6.07) is 5.26. The Hall–Kier alpha value is -3.10. The van der Waals surface area contributed by atoms with Crippen molar-refractivity contribution in [3.63, 3.8) is 0 Å². The van der Waals surface area contributed by atoms with Crippen LogP contribution in [0.15, 0.2) is 24.3 Å². The molecule has 33 heavy (non-hydrogen) atoms. The van der Waals surface area contributed by atoms with E-state index < -0.39 is 35.2 Å². The molecule has 0 radical (unpaired) electrons. The molecular weight excluding hydrogens is 426 g/mol. The van der Waals surface area contributed by atoms with Gasteiger partial charge in [-0.1, -0.05) is 19.1 Å². The average molecular weight is 464 g/mol. The number of nitrogens with zero attached hydrogens (tertiary/aromatic N) is 1. The fourth-order valence-electron chi connectivity index (χ4n) is 3.02. The van der Waals surface area contributed by atoms with Crippen molar-refractivity contribution < 1.29 is 28.7 Å². The Balaban J connectivity index is 3.50. The number of anilines is 1. The Labute approximate surface area is 196 Å². The molecule has 0 aliphatic rings. The van der Waals surface area contributed by atoms with Crippen molar-refractivity contribution in [2.24, 2.45) is 0 Å². The number of nitrogens with one attached hydrogen (secondary N) is 2. The van der Waals surface area contributed by atoms with Crippen LogP contribution in [0.25, 0.3) is 0 Å². The number of para-hydroxylation sites is 1. The zero-order valence-corrected chi connectivity index (χ0v) is 20.9. The van der Waals surface area contributed by atoms with E-state index in [1.807, 2.05) is 27.7 Å². The Morgan fingerprint density at radius 3 is 2.15 bits per heavy atom. The molecule has 0 fully saturated rings. The highest BCUT2D eigenvalue weighted by molar-refractivity contribution is 6.06. The lowest BCUT2D eigenvalue weighted by molar-refractivity contribution is -0.127. The number of ether oxygens (including phenoxy) is 2. The van der Waals surface area contributed by atoms with Gasteiger partial charge >= 0.3 is 12.1 Å². The van der Waals surface area contributed by atoms with Crippen LogP contribution in [-0.2, 0) is 19.1 Å². The van der Waals surface area contributed by atoms with Crippen LogP contribution in [0, 0.1) is 0 Å². The summed E-state index contributed by atoms with van der Waals surface area (Å²) in [5.74, 6) is -1.49. The Bertz CT molecular complexity index is 854. The maximum Gasteiger partial charge on any atom is 0.407 e.